The van der Waals surface area contributed by atoms with Crippen molar-refractivity contribution in [3.8, 4) is 17.1 Å². The maximum atomic E-state index is 5.32. The summed E-state index contributed by atoms with van der Waals surface area (Å²) in [7, 11) is 0. The van der Waals surface area contributed by atoms with Gasteiger partial charge >= 0.3 is 0 Å². The number of nitrogens with one attached hydrogen (secondary N) is 1. The van der Waals surface area contributed by atoms with Gasteiger partial charge in [-0.25, -0.2) is 0 Å². The highest BCUT2D eigenvalue weighted by Gasteiger charge is 2.21. The summed E-state index contributed by atoms with van der Waals surface area (Å²) < 4.78 is 7.47. The highest BCUT2D eigenvalue weighted by molar-refractivity contribution is 7.98. The standard InChI is InChI=1S/C23H21N5OS/c1-14-8-4-7-11-21(14)28-22(18-12-24-20-10-6-5-9-17(18)20)25-26-23(28)30-13-19-15(2)27-29-16(19)3/h4-12,24H,13H2,1-3H3. The third kappa shape index (κ3) is 3.11. The molecule has 0 aliphatic carbocycles. The maximum Gasteiger partial charge on any atom is 0.196 e. The number of fused-ring (bicyclic) bond motifs is 1. The third-order valence-corrected chi connectivity index (χ3v) is 6.30. The number of H-pyrrole nitrogens is 1. The molecular formula is C23H21N5OS. The Morgan fingerprint density at radius 1 is 1.00 bits per heavy atom. The van der Waals surface area contributed by atoms with Gasteiger partial charge in [0, 0.05) is 34.0 Å². The second kappa shape index (κ2) is 7.50. The van der Waals surface area contributed by atoms with Crippen molar-refractivity contribution < 1.29 is 4.52 Å². The van der Waals surface area contributed by atoms with E-state index >= 15 is 0 Å². The Morgan fingerprint density at radius 2 is 1.80 bits per heavy atom. The van der Waals surface area contributed by atoms with Gasteiger partial charge in [-0.1, -0.05) is 53.3 Å². The van der Waals surface area contributed by atoms with Crippen molar-refractivity contribution in [2.45, 2.75) is 31.7 Å². The molecule has 0 spiro atoms. The van der Waals surface area contributed by atoms with Crippen LogP contribution in [-0.4, -0.2) is 24.9 Å². The van der Waals surface area contributed by atoms with Gasteiger partial charge in [0.05, 0.1) is 11.4 Å². The van der Waals surface area contributed by atoms with Gasteiger partial charge in [0.1, 0.15) is 5.76 Å². The van der Waals surface area contributed by atoms with Gasteiger partial charge in [-0.3, -0.25) is 4.57 Å². The monoisotopic (exact) mass is 415 g/mol. The average molecular weight is 416 g/mol. The normalized spacial score (nSPS) is 11.4. The molecule has 5 aromatic rings. The molecule has 6 nitrogen and oxygen atoms in total. The molecule has 0 fully saturated rings. The molecule has 3 aromatic heterocycles. The first-order valence-electron chi connectivity index (χ1n) is 9.76. The Bertz CT molecular complexity index is 1330. The Balaban J connectivity index is 1.64. The third-order valence-electron chi connectivity index (χ3n) is 5.35. The lowest BCUT2D eigenvalue weighted by Crippen LogP contribution is -2.02. The highest BCUT2D eigenvalue weighted by atomic mass is 32.2. The van der Waals surface area contributed by atoms with Crippen molar-refractivity contribution in [2.24, 2.45) is 0 Å². The summed E-state index contributed by atoms with van der Waals surface area (Å²) in [5.41, 5.74) is 6.37. The van der Waals surface area contributed by atoms with Crippen LogP contribution in [0.25, 0.3) is 28.0 Å². The maximum absolute atomic E-state index is 5.32. The molecule has 0 unspecified atom stereocenters. The first-order chi connectivity index (χ1) is 14.6. The van der Waals surface area contributed by atoms with Gasteiger partial charge in [0.25, 0.3) is 0 Å². The summed E-state index contributed by atoms with van der Waals surface area (Å²) in [6.07, 6.45) is 2.01. The Hall–Kier alpha value is -3.32. The molecule has 0 amide bonds. The van der Waals surface area contributed by atoms with Crippen LogP contribution in [0.15, 0.2) is 64.4 Å². The average Bonchev–Trinajstić information content (AvgIpc) is 3.44. The molecule has 0 aliphatic rings. The first-order valence-corrected chi connectivity index (χ1v) is 10.7. The zero-order chi connectivity index (χ0) is 20.7. The zero-order valence-electron chi connectivity index (χ0n) is 17.0. The van der Waals surface area contributed by atoms with E-state index < -0.39 is 0 Å². The molecule has 0 saturated carbocycles. The van der Waals surface area contributed by atoms with Crippen LogP contribution < -0.4 is 0 Å². The molecule has 2 aromatic carbocycles. The van der Waals surface area contributed by atoms with Crippen LogP contribution in [-0.2, 0) is 5.75 Å². The van der Waals surface area contributed by atoms with E-state index in [2.05, 4.69) is 56.1 Å². The van der Waals surface area contributed by atoms with E-state index in [0.717, 1.165) is 61.5 Å². The van der Waals surface area contributed by atoms with E-state index in [9.17, 15) is 0 Å². The van der Waals surface area contributed by atoms with Gasteiger partial charge in [-0.05, 0) is 38.5 Å². The van der Waals surface area contributed by atoms with Gasteiger partial charge in [-0.2, -0.15) is 0 Å². The number of hydrogen-bond acceptors (Lipinski definition) is 5. The van der Waals surface area contributed by atoms with Crippen LogP contribution >= 0.6 is 11.8 Å². The Morgan fingerprint density at radius 3 is 2.60 bits per heavy atom. The topological polar surface area (TPSA) is 72.5 Å². The second-order valence-corrected chi connectivity index (χ2v) is 8.21. The summed E-state index contributed by atoms with van der Waals surface area (Å²) in [5, 5.41) is 15.2. The quantitative estimate of drug-likeness (QED) is 0.377. The van der Waals surface area contributed by atoms with Gasteiger partial charge in [0.2, 0.25) is 0 Å². The van der Waals surface area contributed by atoms with Crippen molar-refractivity contribution in [3.63, 3.8) is 0 Å². The lowest BCUT2D eigenvalue weighted by Gasteiger charge is -2.12. The predicted molar refractivity (Wildman–Crippen MR) is 119 cm³/mol. The molecule has 150 valence electrons. The first kappa shape index (κ1) is 18.7. The van der Waals surface area contributed by atoms with E-state index in [1.165, 1.54) is 0 Å². The molecule has 1 N–H and O–H groups in total. The smallest absolute Gasteiger partial charge is 0.196 e. The minimum absolute atomic E-state index is 0.721. The van der Waals surface area contributed by atoms with Crippen LogP contribution in [0.5, 0.6) is 0 Å². The largest absolute Gasteiger partial charge is 0.361 e. The number of nitrogens with zero attached hydrogens (tertiary/aromatic N) is 4. The van der Waals surface area contributed by atoms with Crippen LogP contribution in [0.3, 0.4) is 0 Å². The van der Waals surface area contributed by atoms with Crippen LogP contribution in [0.4, 0.5) is 0 Å². The van der Waals surface area contributed by atoms with Crippen molar-refractivity contribution in [1.29, 1.82) is 0 Å². The number of aromatic nitrogens is 5. The van der Waals surface area contributed by atoms with E-state index in [0.29, 0.717) is 0 Å². The number of rotatable bonds is 5. The Kier molecular flexibility index (Phi) is 4.67. The summed E-state index contributed by atoms with van der Waals surface area (Å²) in [6, 6.07) is 16.6. The predicted octanol–water partition coefficient (Wildman–Crippen LogP) is 5.62. The highest BCUT2D eigenvalue weighted by Crippen LogP contribution is 2.34. The molecule has 7 heteroatoms. The Labute approximate surface area is 178 Å². The fourth-order valence-corrected chi connectivity index (χ4v) is 4.77. The minimum atomic E-state index is 0.721. The van der Waals surface area contributed by atoms with Crippen molar-refractivity contribution in [1.82, 2.24) is 24.9 Å². The van der Waals surface area contributed by atoms with E-state index in [4.69, 9.17) is 4.52 Å². The summed E-state index contributed by atoms with van der Waals surface area (Å²) in [5.74, 6) is 2.39. The SMILES string of the molecule is Cc1ccccc1-n1c(SCc2c(C)noc2C)nnc1-c1c[nH]c2ccccc12. The molecule has 5 rings (SSSR count). The fraction of sp³-hybridized carbons (Fsp3) is 0.174. The lowest BCUT2D eigenvalue weighted by atomic mass is 10.1. The number of aromatic amines is 1. The van der Waals surface area contributed by atoms with Crippen LogP contribution in [0, 0.1) is 20.8 Å². The molecule has 0 bridgehead atoms. The number of aryl methyl sites for hydroxylation is 3. The molecule has 3 heterocycles. The number of para-hydroxylation sites is 2. The van der Waals surface area contributed by atoms with Crippen LogP contribution in [0.2, 0.25) is 0 Å². The molecule has 0 aliphatic heterocycles. The molecule has 0 radical (unpaired) electrons. The van der Waals surface area contributed by atoms with Crippen molar-refractivity contribution in [2.75, 3.05) is 0 Å². The van der Waals surface area contributed by atoms with E-state index in [-0.39, 0.29) is 0 Å². The molecular weight excluding hydrogens is 394 g/mol. The van der Waals surface area contributed by atoms with Gasteiger partial charge in [-0.15, -0.1) is 10.2 Å². The second-order valence-electron chi connectivity index (χ2n) is 7.27. The minimum Gasteiger partial charge on any atom is -0.361 e. The van der Waals surface area contributed by atoms with E-state index in [1.54, 1.807) is 11.8 Å². The summed E-state index contributed by atoms with van der Waals surface area (Å²) >= 11 is 1.64. The van der Waals surface area contributed by atoms with E-state index in [1.807, 2.05) is 44.3 Å². The number of benzene rings is 2. The fourth-order valence-electron chi connectivity index (χ4n) is 3.67. The molecule has 30 heavy (non-hydrogen) atoms. The van der Waals surface area contributed by atoms with Crippen molar-refractivity contribution >= 4 is 22.7 Å². The lowest BCUT2D eigenvalue weighted by molar-refractivity contribution is 0.392. The molecule has 0 saturated heterocycles. The van der Waals surface area contributed by atoms with Gasteiger partial charge < -0.3 is 9.51 Å². The summed E-state index contributed by atoms with van der Waals surface area (Å²) in [4.78, 5) is 3.35. The number of thioether (sulfide) groups is 1. The van der Waals surface area contributed by atoms with Crippen molar-refractivity contribution in [3.05, 3.63) is 77.3 Å². The molecule has 0 atom stereocenters. The van der Waals surface area contributed by atoms with Crippen LogP contribution in [0.1, 0.15) is 22.6 Å². The van der Waals surface area contributed by atoms with Gasteiger partial charge in [0.15, 0.2) is 11.0 Å². The summed E-state index contributed by atoms with van der Waals surface area (Å²) in [6.45, 7) is 6.02. The zero-order valence-corrected chi connectivity index (χ0v) is 17.8. The number of hydrogen-bond donors (Lipinski definition) is 1.